The summed E-state index contributed by atoms with van der Waals surface area (Å²) in [7, 11) is 0. The number of carbonyl (C=O) groups is 3. The van der Waals surface area contributed by atoms with Gasteiger partial charge in [0.15, 0.2) is 0 Å². The molecule has 0 heterocycles. The van der Waals surface area contributed by atoms with E-state index in [0.29, 0.717) is 6.08 Å². The van der Waals surface area contributed by atoms with Gasteiger partial charge in [-0.2, -0.15) is 0 Å². The fraction of sp³-hybridized carbons (Fsp3) is 0.286. The molecule has 0 aromatic rings. The summed E-state index contributed by atoms with van der Waals surface area (Å²) in [6.07, 6.45) is -2.07. The zero-order valence-corrected chi connectivity index (χ0v) is 8.52. The van der Waals surface area contributed by atoms with Crippen molar-refractivity contribution in [2.75, 3.05) is 0 Å². The van der Waals surface area contributed by atoms with Crippen molar-refractivity contribution >= 4 is 17.9 Å². The number of hydrogen-bond acceptors (Lipinski definition) is 6. The smallest absolute Gasteiger partial charge is 0.330 e. The van der Waals surface area contributed by atoms with Crippen molar-refractivity contribution in [3.63, 3.8) is 0 Å². The van der Waals surface area contributed by atoms with Crippen LogP contribution in [0.25, 0.3) is 0 Å². The molecule has 0 aromatic carbocycles. The predicted molar refractivity (Wildman–Crippen MR) is 46.7 cm³/mol. The molecule has 15 heavy (non-hydrogen) atoms. The zero-order chi connectivity index (χ0) is 10.4. The Morgan fingerprint density at radius 3 is 2.00 bits per heavy atom. The molecule has 0 aliphatic carbocycles. The molecule has 0 bridgehead atoms. The first-order valence-corrected chi connectivity index (χ1v) is 3.21. The highest BCUT2D eigenvalue weighted by atomic mass is 16.6. The Bertz CT molecular complexity index is 252. The van der Waals surface area contributed by atoms with Gasteiger partial charge in [0.05, 0.1) is 5.97 Å². The van der Waals surface area contributed by atoms with E-state index >= 15 is 0 Å². The summed E-state index contributed by atoms with van der Waals surface area (Å²) < 4.78 is 4.13. The van der Waals surface area contributed by atoms with Crippen LogP contribution in [0.4, 0.5) is 0 Å². The van der Waals surface area contributed by atoms with Crippen LogP contribution in [0.5, 0.6) is 0 Å². The van der Waals surface area contributed by atoms with Crippen LogP contribution in [-0.4, -0.2) is 24.0 Å². The number of ether oxygens (including phenoxy) is 1. The van der Waals surface area contributed by atoms with Crippen LogP contribution in [-0.2, 0) is 19.1 Å². The van der Waals surface area contributed by atoms with Crippen molar-refractivity contribution in [3.05, 3.63) is 12.7 Å². The third-order valence-electron chi connectivity index (χ3n) is 1.04. The van der Waals surface area contributed by atoms with E-state index in [0.717, 1.165) is 0 Å². The lowest BCUT2D eigenvalue weighted by Gasteiger charge is -2.17. The van der Waals surface area contributed by atoms with Crippen molar-refractivity contribution in [3.8, 4) is 0 Å². The van der Waals surface area contributed by atoms with E-state index in [1.54, 1.807) is 0 Å². The highest BCUT2D eigenvalue weighted by Gasteiger charge is 2.13. The standard InChI is InChI=1S/C7H8O6.2H3N/c1-2-6(10)13-4(7(11)12)3-5(8)9;;/h2,4H,1,3H2,(H,8,9)(H,11,12);2*1H3. The van der Waals surface area contributed by atoms with Gasteiger partial charge in [-0.3, -0.25) is 0 Å². The summed E-state index contributed by atoms with van der Waals surface area (Å²) in [6.45, 7) is 3.00. The van der Waals surface area contributed by atoms with Gasteiger partial charge in [0, 0.05) is 18.5 Å². The molecule has 0 aromatic heterocycles. The normalized spacial score (nSPS) is 9.87. The van der Waals surface area contributed by atoms with E-state index in [1.165, 1.54) is 0 Å². The lowest BCUT2D eigenvalue weighted by Crippen LogP contribution is -2.42. The molecule has 0 saturated carbocycles. The lowest BCUT2D eigenvalue weighted by molar-refractivity contribution is -0.324. The second-order valence-corrected chi connectivity index (χ2v) is 2.02. The zero-order valence-electron chi connectivity index (χ0n) is 8.52. The molecule has 0 spiro atoms. The van der Waals surface area contributed by atoms with Crippen molar-refractivity contribution in [1.29, 1.82) is 0 Å². The van der Waals surface area contributed by atoms with Gasteiger partial charge >= 0.3 is 5.97 Å². The van der Waals surface area contributed by atoms with E-state index in [2.05, 4.69) is 11.3 Å². The van der Waals surface area contributed by atoms with Crippen LogP contribution in [0.1, 0.15) is 6.42 Å². The molecule has 88 valence electrons. The molecular weight excluding hydrogens is 208 g/mol. The minimum atomic E-state index is -1.84. The maximum absolute atomic E-state index is 10.5. The van der Waals surface area contributed by atoms with Crippen LogP contribution in [0.15, 0.2) is 12.7 Å². The molecule has 0 radical (unpaired) electrons. The topological polar surface area (TPSA) is 180 Å². The van der Waals surface area contributed by atoms with Gasteiger partial charge in [-0.15, -0.1) is 0 Å². The van der Waals surface area contributed by atoms with E-state index in [-0.39, 0.29) is 12.3 Å². The second-order valence-electron chi connectivity index (χ2n) is 2.02. The number of esters is 1. The monoisotopic (exact) mass is 222 g/mol. The summed E-state index contributed by atoms with van der Waals surface area (Å²) in [5.74, 6) is -4.47. The number of aliphatic carboxylic acids is 2. The first-order chi connectivity index (χ1) is 5.97. The van der Waals surface area contributed by atoms with Gasteiger partial charge in [0.25, 0.3) is 0 Å². The van der Waals surface area contributed by atoms with E-state index in [1.807, 2.05) is 0 Å². The van der Waals surface area contributed by atoms with Crippen LogP contribution in [0.3, 0.4) is 0 Å². The molecule has 0 aliphatic rings. The Kier molecular flexibility index (Phi) is 10.8. The molecule has 0 fully saturated rings. The van der Waals surface area contributed by atoms with Gasteiger partial charge in [-0.25, -0.2) is 4.79 Å². The largest absolute Gasteiger partial charge is 0.550 e. The van der Waals surface area contributed by atoms with Crippen LogP contribution in [0, 0.1) is 0 Å². The summed E-state index contributed by atoms with van der Waals surface area (Å²) >= 11 is 0. The predicted octanol–water partition coefficient (Wildman–Crippen LogP) is -2.27. The fourth-order valence-corrected chi connectivity index (χ4v) is 0.513. The Morgan fingerprint density at radius 1 is 1.27 bits per heavy atom. The van der Waals surface area contributed by atoms with Crippen LogP contribution >= 0.6 is 0 Å². The van der Waals surface area contributed by atoms with E-state index < -0.39 is 30.4 Å². The van der Waals surface area contributed by atoms with E-state index in [9.17, 15) is 24.6 Å². The molecule has 0 saturated heterocycles. The Hall–Kier alpha value is -1.93. The van der Waals surface area contributed by atoms with Crippen LogP contribution < -0.4 is 22.5 Å². The lowest BCUT2D eigenvalue weighted by atomic mass is 10.2. The third-order valence-corrected chi connectivity index (χ3v) is 1.04. The molecule has 0 rings (SSSR count). The van der Waals surface area contributed by atoms with Crippen LogP contribution in [0.2, 0.25) is 0 Å². The Morgan fingerprint density at radius 2 is 1.73 bits per heavy atom. The van der Waals surface area contributed by atoms with Crippen molar-refractivity contribution in [1.82, 2.24) is 12.3 Å². The van der Waals surface area contributed by atoms with Gasteiger partial charge in [-0.1, -0.05) is 6.58 Å². The molecular formula is C7H14N2O6. The molecule has 8 nitrogen and oxygen atoms in total. The SMILES string of the molecule is C=CC(=O)OC(CC(=O)[O-])C(=O)[O-].[NH4+].[NH4+]. The number of carboxylic acids is 2. The Labute approximate surface area is 85.7 Å². The molecule has 8 N–H and O–H groups in total. The number of quaternary nitrogens is 2. The van der Waals surface area contributed by atoms with Gasteiger partial charge in [0.2, 0.25) is 0 Å². The highest BCUT2D eigenvalue weighted by Crippen LogP contribution is 1.97. The highest BCUT2D eigenvalue weighted by molar-refractivity contribution is 5.85. The average Bonchev–Trinajstić information content (AvgIpc) is 2.02. The summed E-state index contributed by atoms with van der Waals surface area (Å²) in [5, 5.41) is 20.1. The molecule has 8 heteroatoms. The summed E-state index contributed by atoms with van der Waals surface area (Å²) in [4.78, 5) is 30.6. The van der Waals surface area contributed by atoms with Gasteiger partial charge in [-0.05, 0) is 0 Å². The second kappa shape index (κ2) is 8.66. The van der Waals surface area contributed by atoms with Crippen molar-refractivity contribution in [2.45, 2.75) is 12.5 Å². The maximum Gasteiger partial charge on any atom is 0.330 e. The first kappa shape index (κ1) is 18.8. The molecule has 0 amide bonds. The average molecular weight is 222 g/mol. The number of carboxylic acid groups (broad SMARTS) is 2. The summed E-state index contributed by atoms with van der Waals surface area (Å²) in [6, 6.07) is 0. The molecule has 1 unspecified atom stereocenters. The third kappa shape index (κ3) is 8.40. The van der Waals surface area contributed by atoms with Crippen molar-refractivity contribution < 1.29 is 29.3 Å². The molecule has 0 aliphatic heterocycles. The first-order valence-electron chi connectivity index (χ1n) is 3.21. The Balaban J connectivity index is -0.000000720. The fourth-order valence-electron chi connectivity index (χ4n) is 0.513. The summed E-state index contributed by atoms with van der Waals surface area (Å²) in [5.41, 5.74) is 0. The minimum absolute atomic E-state index is 0. The number of rotatable bonds is 5. The maximum atomic E-state index is 10.5. The van der Waals surface area contributed by atoms with Gasteiger partial charge in [0.1, 0.15) is 6.10 Å². The quantitative estimate of drug-likeness (QED) is 0.390. The number of carbonyl (C=O) groups excluding carboxylic acids is 3. The molecule has 1 atom stereocenters. The van der Waals surface area contributed by atoms with Crippen molar-refractivity contribution in [2.24, 2.45) is 0 Å². The minimum Gasteiger partial charge on any atom is -0.550 e. The van der Waals surface area contributed by atoms with E-state index in [4.69, 9.17) is 0 Å². The van der Waals surface area contributed by atoms with Gasteiger partial charge < -0.3 is 36.8 Å². The number of hydrogen-bond donors (Lipinski definition) is 2.